The van der Waals surface area contributed by atoms with Gasteiger partial charge in [-0.15, -0.1) is 0 Å². The van der Waals surface area contributed by atoms with E-state index in [-0.39, 0.29) is 0 Å². The molecule has 1 aliphatic rings. The lowest BCUT2D eigenvalue weighted by Crippen LogP contribution is -2.47. The molecule has 0 saturated carbocycles. The lowest BCUT2D eigenvalue weighted by molar-refractivity contribution is 0.559. The van der Waals surface area contributed by atoms with Crippen molar-refractivity contribution in [1.29, 1.82) is 0 Å². The molecule has 0 aromatic heterocycles. The van der Waals surface area contributed by atoms with Crippen LogP contribution >= 0.6 is 0 Å². The number of anilines is 2. The summed E-state index contributed by atoms with van der Waals surface area (Å²) in [6, 6.07) is 25.8. The summed E-state index contributed by atoms with van der Waals surface area (Å²) < 4.78 is 0. The van der Waals surface area contributed by atoms with Gasteiger partial charge in [0.1, 0.15) is 0 Å². The van der Waals surface area contributed by atoms with Crippen molar-refractivity contribution >= 4 is 16.9 Å². The van der Waals surface area contributed by atoms with Crippen molar-refractivity contribution < 1.29 is 0 Å². The van der Waals surface area contributed by atoms with E-state index in [0.717, 1.165) is 22.5 Å². The summed E-state index contributed by atoms with van der Waals surface area (Å²) in [5.41, 5.74) is 28.3. The number of nitrogen functional groups attached to an aromatic ring is 2. The first kappa shape index (κ1) is 19.4. The van der Waals surface area contributed by atoms with Crippen molar-refractivity contribution in [3.8, 4) is 11.1 Å². The van der Waals surface area contributed by atoms with Crippen molar-refractivity contribution in [1.82, 2.24) is 0 Å². The summed E-state index contributed by atoms with van der Waals surface area (Å²) in [4.78, 5) is 0. The molecule has 0 radical (unpaired) electrons. The lowest BCUT2D eigenvalue weighted by Gasteiger charge is -2.22. The smallest absolute Gasteiger partial charge is 0.0867 e. The third kappa shape index (κ3) is 5.33. The molecule has 142 valence electrons. The number of benzene rings is 3. The van der Waals surface area contributed by atoms with Crippen LogP contribution < -0.4 is 22.9 Å². The SMILES string of the molecule is NC1(N)C=CC(c2ccccc2)=CC1.Nc1ccc(-c2ccc(N)cc2)cc1. The molecule has 1 aliphatic carbocycles. The number of nitrogens with two attached hydrogens (primary N) is 4. The summed E-state index contributed by atoms with van der Waals surface area (Å²) in [7, 11) is 0. The molecule has 0 unspecified atom stereocenters. The van der Waals surface area contributed by atoms with Gasteiger partial charge < -0.3 is 22.9 Å². The molecule has 0 amide bonds. The van der Waals surface area contributed by atoms with E-state index in [1.165, 1.54) is 11.1 Å². The van der Waals surface area contributed by atoms with Crippen LogP contribution in [0.2, 0.25) is 0 Å². The van der Waals surface area contributed by atoms with Crippen molar-refractivity contribution in [2.75, 3.05) is 11.5 Å². The summed E-state index contributed by atoms with van der Waals surface area (Å²) in [5.74, 6) is 0. The van der Waals surface area contributed by atoms with Crippen molar-refractivity contribution in [3.05, 3.63) is 103 Å². The van der Waals surface area contributed by atoms with Gasteiger partial charge in [0.15, 0.2) is 0 Å². The molecule has 28 heavy (non-hydrogen) atoms. The van der Waals surface area contributed by atoms with Gasteiger partial charge in [-0.25, -0.2) is 0 Å². The van der Waals surface area contributed by atoms with Crippen LogP contribution in [0.25, 0.3) is 16.7 Å². The minimum absolute atomic E-state index is 0.668. The van der Waals surface area contributed by atoms with Crippen LogP contribution in [0, 0.1) is 0 Å². The Hall–Kier alpha value is -3.34. The number of allylic oxidation sites excluding steroid dienone is 2. The van der Waals surface area contributed by atoms with Gasteiger partial charge in [0.2, 0.25) is 0 Å². The van der Waals surface area contributed by atoms with Crippen LogP contribution in [0.1, 0.15) is 12.0 Å². The number of hydrogen-bond acceptors (Lipinski definition) is 4. The molecule has 0 fully saturated rings. The molecule has 8 N–H and O–H groups in total. The molecule has 0 atom stereocenters. The molecule has 0 heterocycles. The molecular weight excluding hydrogens is 344 g/mol. The van der Waals surface area contributed by atoms with Crippen LogP contribution in [0.5, 0.6) is 0 Å². The minimum atomic E-state index is -0.668. The predicted octanol–water partition coefficient (Wildman–Crippen LogP) is 4.16. The van der Waals surface area contributed by atoms with Crippen LogP contribution in [-0.2, 0) is 0 Å². The largest absolute Gasteiger partial charge is 0.399 e. The van der Waals surface area contributed by atoms with E-state index in [0.29, 0.717) is 6.42 Å². The van der Waals surface area contributed by atoms with Crippen LogP contribution in [0.3, 0.4) is 0 Å². The third-order valence-corrected chi connectivity index (χ3v) is 4.51. The molecule has 3 aromatic carbocycles. The second-order valence-corrected chi connectivity index (χ2v) is 6.92. The Morgan fingerprint density at radius 1 is 0.607 bits per heavy atom. The molecule has 0 aliphatic heterocycles. The van der Waals surface area contributed by atoms with E-state index in [9.17, 15) is 0 Å². The van der Waals surface area contributed by atoms with Gasteiger partial charge in [-0.2, -0.15) is 0 Å². The first-order valence-corrected chi connectivity index (χ1v) is 9.17. The highest BCUT2D eigenvalue weighted by Gasteiger charge is 2.17. The summed E-state index contributed by atoms with van der Waals surface area (Å²) >= 11 is 0. The first-order chi connectivity index (χ1) is 13.4. The van der Waals surface area contributed by atoms with E-state index in [1.807, 2.05) is 78.9 Å². The standard InChI is InChI=1S/C12H12N2.C12H14N2/c13-11-5-1-9(2-6-11)10-3-7-12(14)8-4-10;13-12(14)8-6-11(7-9-12)10-4-2-1-3-5-10/h1-8H,13-14H2;1-8H,9,13-14H2. The Kier molecular flexibility index (Phi) is 5.94. The molecule has 4 heteroatoms. The van der Waals surface area contributed by atoms with Gasteiger partial charge in [-0.05, 0) is 52.6 Å². The molecule has 0 saturated heterocycles. The molecule has 3 aromatic rings. The molecule has 4 rings (SSSR count). The fraction of sp³-hybridized carbons (Fsp3) is 0.0833. The van der Waals surface area contributed by atoms with Gasteiger partial charge in [0, 0.05) is 17.8 Å². The highest BCUT2D eigenvalue weighted by Crippen LogP contribution is 2.23. The van der Waals surface area contributed by atoms with Crippen LogP contribution in [-0.4, -0.2) is 5.66 Å². The molecular formula is C24H26N4. The normalized spacial score (nSPS) is 14.6. The minimum Gasteiger partial charge on any atom is -0.399 e. The van der Waals surface area contributed by atoms with Gasteiger partial charge in [-0.1, -0.05) is 66.7 Å². The molecule has 0 bridgehead atoms. The summed E-state index contributed by atoms with van der Waals surface area (Å²) in [6.45, 7) is 0. The fourth-order valence-electron chi connectivity index (χ4n) is 2.86. The fourth-order valence-corrected chi connectivity index (χ4v) is 2.86. The Morgan fingerprint density at radius 3 is 1.54 bits per heavy atom. The zero-order valence-electron chi connectivity index (χ0n) is 15.8. The molecule has 4 nitrogen and oxygen atoms in total. The highest BCUT2D eigenvalue weighted by atomic mass is 14.9. The number of hydrogen-bond donors (Lipinski definition) is 4. The maximum Gasteiger partial charge on any atom is 0.0867 e. The van der Waals surface area contributed by atoms with Gasteiger partial charge in [-0.3, -0.25) is 0 Å². The second kappa shape index (κ2) is 8.57. The maximum atomic E-state index is 5.76. The average Bonchev–Trinajstić information content (AvgIpc) is 2.70. The first-order valence-electron chi connectivity index (χ1n) is 9.17. The van der Waals surface area contributed by atoms with Gasteiger partial charge in [0.25, 0.3) is 0 Å². The Bertz CT molecular complexity index is 910. The number of rotatable bonds is 2. The van der Waals surface area contributed by atoms with Crippen LogP contribution in [0.15, 0.2) is 97.1 Å². The highest BCUT2D eigenvalue weighted by molar-refractivity contribution is 5.75. The van der Waals surface area contributed by atoms with E-state index in [1.54, 1.807) is 0 Å². The second-order valence-electron chi connectivity index (χ2n) is 6.92. The van der Waals surface area contributed by atoms with Crippen molar-refractivity contribution in [3.63, 3.8) is 0 Å². The monoisotopic (exact) mass is 370 g/mol. The maximum absolute atomic E-state index is 5.76. The van der Waals surface area contributed by atoms with E-state index in [2.05, 4.69) is 18.2 Å². The van der Waals surface area contributed by atoms with Gasteiger partial charge in [0.05, 0.1) is 5.66 Å². The predicted molar refractivity (Wildman–Crippen MR) is 120 cm³/mol. The topological polar surface area (TPSA) is 104 Å². The zero-order chi connectivity index (χ0) is 20.0. The summed E-state index contributed by atoms with van der Waals surface area (Å²) in [5, 5.41) is 0. The van der Waals surface area contributed by atoms with E-state index < -0.39 is 5.66 Å². The Labute approximate surface area is 166 Å². The molecule has 0 spiro atoms. The van der Waals surface area contributed by atoms with E-state index >= 15 is 0 Å². The van der Waals surface area contributed by atoms with Crippen molar-refractivity contribution in [2.24, 2.45) is 11.5 Å². The zero-order valence-corrected chi connectivity index (χ0v) is 15.8. The quantitative estimate of drug-likeness (QED) is 0.401. The summed E-state index contributed by atoms with van der Waals surface area (Å²) in [6.07, 6.45) is 6.61. The van der Waals surface area contributed by atoms with Crippen LogP contribution in [0.4, 0.5) is 11.4 Å². The van der Waals surface area contributed by atoms with E-state index in [4.69, 9.17) is 22.9 Å². The third-order valence-electron chi connectivity index (χ3n) is 4.51. The van der Waals surface area contributed by atoms with Crippen molar-refractivity contribution in [2.45, 2.75) is 12.1 Å². The Balaban J connectivity index is 0.000000161. The van der Waals surface area contributed by atoms with Gasteiger partial charge >= 0.3 is 0 Å². The average molecular weight is 371 g/mol. The Morgan fingerprint density at radius 2 is 1.11 bits per heavy atom. The lowest BCUT2D eigenvalue weighted by atomic mass is 9.94.